The summed E-state index contributed by atoms with van der Waals surface area (Å²) in [5.41, 5.74) is 3.10. The van der Waals surface area contributed by atoms with Crippen molar-refractivity contribution in [3.05, 3.63) is 41.6 Å². The molecule has 1 aromatic carbocycles. The lowest BCUT2D eigenvalue weighted by Gasteiger charge is -2.27. The van der Waals surface area contributed by atoms with Crippen LogP contribution in [-0.4, -0.2) is 27.0 Å². The van der Waals surface area contributed by atoms with E-state index in [0.29, 0.717) is 18.7 Å². The Bertz CT molecular complexity index is 734. The van der Waals surface area contributed by atoms with E-state index in [1.165, 1.54) is 12.8 Å². The molecular formula is C20H26N4O. The monoisotopic (exact) mass is 338 g/mol. The lowest BCUT2D eigenvalue weighted by molar-refractivity contribution is 0.0250. The van der Waals surface area contributed by atoms with Crippen LogP contribution in [0, 0.1) is 11.3 Å². The summed E-state index contributed by atoms with van der Waals surface area (Å²) in [6.07, 6.45) is 8.47. The number of nitrogens with zero attached hydrogens (tertiary/aromatic N) is 3. The van der Waals surface area contributed by atoms with Crippen LogP contribution in [0.3, 0.4) is 0 Å². The Kier molecular flexibility index (Phi) is 5.52. The normalized spacial score (nSPS) is 17.0. The third-order valence-corrected chi connectivity index (χ3v) is 5.00. The average Bonchev–Trinajstić information content (AvgIpc) is 2.84. The Hall–Kier alpha value is -2.16. The summed E-state index contributed by atoms with van der Waals surface area (Å²) in [5, 5.41) is 27.7. The molecule has 5 heteroatoms. The zero-order valence-corrected chi connectivity index (χ0v) is 14.8. The Morgan fingerprint density at radius 3 is 2.52 bits per heavy atom. The summed E-state index contributed by atoms with van der Waals surface area (Å²) < 4.78 is 1.81. The van der Waals surface area contributed by atoms with Crippen molar-refractivity contribution in [2.45, 2.75) is 50.7 Å². The van der Waals surface area contributed by atoms with Gasteiger partial charge in [-0.25, -0.2) is 0 Å². The zero-order valence-electron chi connectivity index (χ0n) is 14.8. The second kappa shape index (κ2) is 7.81. The average molecular weight is 338 g/mol. The van der Waals surface area contributed by atoms with Crippen LogP contribution in [0.1, 0.15) is 49.7 Å². The molecule has 1 fully saturated rings. The van der Waals surface area contributed by atoms with Crippen molar-refractivity contribution >= 4 is 0 Å². The van der Waals surface area contributed by atoms with Crippen LogP contribution in [0.4, 0.5) is 0 Å². The van der Waals surface area contributed by atoms with Gasteiger partial charge in [0.2, 0.25) is 0 Å². The van der Waals surface area contributed by atoms with Crippen molar-refractivity contribution in [3.8, 4) is 17.3 Å². The molecule has 0 radical (unpaired) electrons. The Morgan fingerprint density at radius 2 is 1.88 bits per heavy atom. The first-order chi connectivity index (χ1) is 12.1. The van der Waals surface area contributed by atoms with Gasteiger partial charge in [-0.15, -0.1) is 0 Å². The fraction of sp³-hybridized carbons (Fsp3) is 0.500. The summed E-state index contributed by atoms with van der Waals surface area (Å²) in [4.78, 5) is 0. The zero-order chi connectivity index (χ0) is 17.7. The van der Waals surface area contributed by atoms with Crippen LogP contribution in [0.5, 0.6) is 0 Å². The van der Waals surface area contributed by atoms with Crippen LogP contribution in [0.15, 0.2) is 30.5 Å². The maximum atomic E-state index is 10.8. The van der Waals surface area contributed by atoms with Crippen LogP contribution >= 0.6 is 0 Å². The predicted molar refractivity (Wildman–Crippen MR) is 97.7 cm³/mol. The summed E-state index contributed by atoms with van der Waals surface area (Å²) >= 11 is 0. The van der Waals surface area contributed by atoms with E-state index in [-0.39, 0.29) is 0 Å². The Morgan fingerprint density at radius 1 is 1.20 bits per heavy atom. The maximum Gasteiger partial charge on any atom is 0.0991 e. The van der Waals surface area contributed by atoms with Crippen LogP contribution in [-0.2, 0) is 13.6 Å². The van der Waals surface area contributed by atoms with Gasteiger partial charge in [0, 0.05) is 37.5 Å². The molecule has 3 rings (SSSR count). The molecule has 0 bridgehead atoms. The lowest BCUT2D eigenvalue weighted by Crippen LogP contribution is -2.39. The molecular weight excluding hydrogens is 312 g/mol. The van der Waals surface area contributed by atoms with Gasteiger partial charge in [-0.3, -0.25) is 4.68 Å². The molecule has 0 atom stereocenters. The fourth-order valence-corrected chi connectivity index (χ4v) is 3.61. The summed E-state index contributed by atoms with van der Waals surface area (Å²) in [5.74, 6) is 0. The second-order valence-electron chi connectivity index (χ2n) is 7.11. The molecule has 0 unspecified atom stereocenters. The molecule has 2 N–H and O–H groups in total. The molecule has 2 aromatic rings. The number of nitriles is 1. The van der Waals surface area contributed by atoms with E-state index >= 15 is 0 Å². The van der Waals surface area contributed by atoms with Gasteiger partial charge < -0.3 is 10.4 Å². The Labute approximate surface area is 149 Å². The van der Waals surface area contributed by atoms with Gasteiger partial charge in [-0.2, -0.15) is 10.4 Å². The number of hydrogen-bond donors (Lipinski definition) is 2. The highest BCUT2D eigenvalue weighted by atomic mass is 16.3. The van der Waals surface area contributed by atoms with E-state index in [2.05, 4.69) is 16.5 Å². The lowest BCUT2D eigenvalue weighted by atomic mass is 9.94. The van der Waals surface area contributed by atoms with Crippen molar-refractivity contribution in [3.63, 3.8) is 0 Å². The molecule has 132 valence electrons. The largest absolute Gasteiger partial charge is 0.389 e. The molecule has 0 spiro atoms. The van der Waals surface area contributed by atoms with E-state index in [4.69, 9.17) is 5.26 Å². The summed E-state index contributed by atoms with van der Waals surface area (Å²) in [6, 6.07) is 9.64. The number of rotatable bonds is 5. The molecule has 1 saturated carbocycles. The van der Waals surface area contributed by atoms with Gasteiger partial charge in [-0.1, -0.05) is 37.8 Å². The van der Waals surface area contributed by atoms with Crippen LogP contribution in [0.25, 0.3) is 11.3 Å². The SMILES string of the molecule is Cn1cc(CNCC2(O)CCCCCC2)c(-c2ccc(C#N)cc2)n1. The minimum absolute atomic E-state index is 0.576. The smallest absolute Gasteiger partial charge is 0.0991 e. The van der Waals surface area contributed by atoms with Gasteiger partial charge in [-0.05, 0) is 25.0 Å². The Balaban J connectivity index is 1.67. The summed E-state index contributed by atoms with van der Waals surface area (Å²) in [7, 11) is 1.91. The molecule has 1 aliphatic carbocycles. The van der Waals surface area contributed by atoms with Crippen molar-refractivity contribution < 1.29 is 5.11 Å². The number of hydrogen-bond acceptors (Lipinski definition) is 4. The molecule has 5 nitrogen and oxygen atoms in total. The minimum atomic E-state index is -0.576. The molecule has 0 saturated heterocycles. The van der Waals surface area contributed by atoms with Crippen molar-refractivity contribution in [1.82, 2.24) is 15.1 Å². The van der Waals surface area contributed by atoms with Gasteiger partial charge in [0.05, 0.1) is 22.9 Å². The van der Waals surface area contributed by atoms with Crippen molar-refractivity contribution in [2.75, 3.05) is 6.54 Å². The van der Waals surface area contributed by atoms with Crippen LogP contribution in [0.2, 0.25) is 0 Å². The third kappa shape index (κ3) is 4.47. The quantitative estimate of drug-likeness (QED) is 0.822. The standard InChI is InChI=1S/C20H26N4O/c1-24-14-18(13-22-15-20(25)10-4-2-3-5-11-20)19(23-24)17-8-6-16(12-21)7-9-17/h6-9,14,22,25H,2-5,10-11,13,15H2,1H3. The predicted octanol–water partition coefficient (Wildman–Crippen LogP) is 3.13. The highest BCUT2D eigenvalue weighted by Gasteiger charge is 2.27. The van der Waals surface area contributed by atoms with Crippen molar-refractivity contribution in [2.24, 2.45) is 7.05 Å². The van der Waals surface area contributed by atoms with E-state index in [1.54, 1.807) is 0 Å². The summed E-state index contributed by atoms with van der Waals surface area (Å²) in [6.45, 7) is 1.29. The number of aryl methyl sites for hydroxylation is 1. The third-order valence-electron chi connectivity index (χ3n) is 5.00. The number of aromatic nitrogens is 2. The first-order valence-electron chi connectivity index (χ1n) is 9.06. The van der Waals surface area contributed by atoms with Gasteiger partial charge in [0.1, 0.15) is 0 Å². The number of aliphatic hydroxyl groups is 1. The van der Waals surface area contributed by atoms with E-state index in [0.717, 1.165) is 42.5 Å². The second-order valence-corrected chi connectivity index (χ2v) is 7.11. The van der Waals surface area contributed by atoms with Crippen LogP contribution < -0.4 is 5.32 Å². The number of benzene rings is 1. The van der Waals surface area contributed by atoms with Gasteiger partial charge >= 0.3 is 0 Å². The molecule has 1 aromatic heterocycles. The molecule has 0 amide bonds. The highest BCUT2D eigenvalue weighted by molar-refractivity contribution is 5.63. The molecule has 25 heavy (non-hydrogen) atoms. The first-order valence-corrected chi connectivity index (χ1v) is 9.06. The van der Waals surface area contributed by atoms with Gasteiger partial charge in [0.15, 0.2) is 0 Å². The van der Waals surface area contributed by atoms with E-state index in [9.17, 15) is 5.11 Å². The van der Waals surface area contributed by atoms with E-state index in [1.807, 2.05) is 42.2 Å². The maximum absolute atomic E-state index is 10.8. The first kappa shape index (κ1) is 17.7. The molecule has 0 aliphatic heterocycles. The number of nitrogens with one attached hydrogen (secondary N) is 1. The van der Waals surface area contributed by atoms with Gasteiger partial charge in [0.25, 0.3) is 0 Å². The van der Waals surface area contributed by atoms with E-state index < -0.39 is 5.60 Å². The molecule has 1 aliphatic rings. The topological polar surface area (TPSA) is 73.9 Å². The fourth-order valence-electron chi connectivity index (χ4n) is 3.61. The minimum Gasteiger partial charge on any atom is -0.389 e. The molecule has 1 heterocycles. The van der Waals surface area contributed by atoms with Crippen molar-refractivity contribution in [1.29, 1.82) is 5.26 Å². The highest BCUT2D eigenvalue weighted by Crippen LogP contribution is 2.27.